The molecule has 0 aliphatic carbocycles. The highest BCUT2D eigenvalue weighted by Gasteiger charge is 2.00. The van der Waals surface area contributed by atoms with Crippen LogP contribution >= 0.6 is 9.24 Å². The molecule has 0 heterocycles. The molecular weight excluding hydrogens is 141 g/mol. The molecule has 0 rings (SSSR count). The van der Waals surface area contributed by atoms with Gasteiger partial charge < -0.3 is 5.32 Å². The first-order valence-corrected chi connectivity index (χ1v) is 5.07. The summed E-state index contributed by atoms with van der Waals surface area (Å²) in [5, 5.41) is 3.34. The smallest absolute Gasteiger partial charge is 0.00463 e. The Morgan fingerprint density at radius 3 is 2.50 bits per heavy atom. The highest BCUT2D eigenvalue weighted by Crippen LogP contribution is 2.09. The summed E-state index contributed by atoms with van der Waals surface area (Å²) in [7, 11) is 2.82. The molecule has 0 saturated carbocycles. The molecule has 2 unspecified atom stereocenters. The third-order valence-corrected chi connectivity index (χ3v) is 2.56. The Labute approximate surface area is 67.2 Å². The molecule has 0 aromatic heterocycles. The van der Waals surface area contributed by atoms with Crippen molar-refractivity contribution in [2.45, 2.75) is 26.7 Å². The Balaban J connectivity index is 3.09. The van der Waals surface area contributed by atoms with Crippen molar-refractivity contribution < 1.29 is 0 Å². The monoisotopic (exact) mass is 161 g/mol. The zero-order valence-electron chi connectivity index (χ0n) is 7.19. The Hall–Kier alpha value is 0.390. The van der Waals surface area contributed by atoms with Gasteiger partial charge in [0.2, 0.25) is 0 Å². The second-order valence-electron chi connectivity index (χ2n) is 2.65. The van der Waals surface area contributed by atoms with Crippen molar-refractivity contribution in [3.8, 4) is 0 Å². The van der Waals surface area contributed by atoms with Gasteiger partial charge in [-0.1, -0.05) is 20.3 Å². The van der Waals surface area contributed by atoms with E-state index < -0.39 is 0 Å². The fourth-order valence-electron chi connectivity index (χ4n) is 0.972. The zero-order valence-corrected chi connectivity index (χ0v) is 8.34. The summed E-state index contributed by atoms with van der Waals surface area (Å²) in [4.78, 5) is 0. The summed E-state index contributed by atoms with van der Waals surface area (Å²) in [5.41, 5.74) is 0. The van der Waals surface area contributed by atoms with E-state index in [0.29, 0.717) is 0 Å². The molecule has 0 aliphatic rings. The first-order valence-electron chi connectivity index (χ1n) is 4.25. The molecule has 10 heavy (non-hydrogen) atoms. The van der Waals surface area contributed by atoms with Gasteiger partial charge in [-0.15, -0.1) is 9.24 Å². The van der Waals surface area contributed by atoms with E-state index in [0.717, 1.165) is 12.5 Å². The maximum Gasteiger partial charge on any atom is -0.00463 e. The normalized spacial score (nSPS) is 13.5. The van der Waals surface area contributed by atoms with Gasteiger partial charge in [-0.05, 0) is 31.6 Å². The topological polar surface area (TPSA) is 12.0 Å². The standard InChI is InChI=1S/C8H20NP/c1-3-8(7-10)5-6-9-4-2/h8-9H,3-7,10H2,1-2H3. The fourth-order valence-corrected chi connectivity index (χ4v) is 1.54. The Kier molecular flexibility index (Phi) is 7.79. The zero-order chi connectivity index (χ0) is 7.82. The van der Waals surface area contributed by atoms with Crippen molar-refractivity contribution in [3.05, 3.63) is 0 Å². The maximum atomic E-state index is 3.34. The molecule has 0 radical (unpaired) electrons. The fraction of sp³-hybridized carbons (Fsp3) is 1.00. The van der Waals surface area contributed by atoms with Crippen molar-refractivity contribution in [1.82, 2.24) is 5.32 Å². The van der Waals surface area contributed by atoms with Gasteiger partial charge in [0.1, 0.15) is 0 Å². The molecule has 1 nitrogen and oxygen atoms in total. The van der Waals surface area contributed by atoms with Crippen LogP contribution in [0.4, 0.5) is 0 Å². The summed E-state index contributed by atoms with van der Waals surface area (Å²) in [5.74, 6) is 0.907. The molecule has 0 saturated heterocycles. The molecule has 0 aromatic rings. The predicted octanol–water partition coefficient (Wildman–Crippen LogP) is 1.89. The molecular formula is C8H20NP. The van der Waals surface area contributed by atoms with Crippen molar-refractivity contribution in [1.29, 1.82) is 0 Å². The number of rotatable bonds is 6. The van der Waals surface area contributed by atoms with E-state index in [9.17, 15) is 0 Å². The third-order valence-electron chi connectivity index (χ3n) is 1.89. The van der Waals surface area contributed by atoms with Gasteiger partial charge in [-0.25, -0.2) is 0 Å². The molecule has 2 atom stereocenters. The number of hydrogen-bond acceptors (Lipinski definition) is 1. The lowest BCUT2D eigenvalue weighted by molar-refractivity contribution is 0.500. The van der Waals surface area contributed by atoms with E-state index in [1.807, 2.05) is 0 Å². The van der Waals surface area contributed by atoms with Crippen LogP contribution in [0.5, 0.6) is 0 Å². The third kappa shape index (κ3) is 5.20. The van der Waals surface area contributed by atoms with Crippen molar-refractivity contribution in [2.24, 2.45) is 5.92 Å². The first-order chi connectivity index (χ1) is 4.85. The van der Waals surface area contributed by atoms with Crippen LogP contribution in [0.1, 0.15) is 26.7 Å². The minimum Gasteiger partial charge on any atom is -0.317 e. The van der Waals surface area contributed by atoms with Gasteiger partial charge in [-0.2, -0.15) is 0 Å². The SMILES string of the molecule is CCNCCC(CC)CP. The number of hydrogen-bond donors (Lipinski definition) is 1. The van der Waals surface area contributed by atoms with Crippen LogP contribution in [-0.2, 0) is 0 Å². The lowest BCUT2D eigenvalue weighted by Crippen LogP contribution is -2.17. The average Bonchev–Trinajstić information content (AvgIpc) is 1.99. The molecule has 0 fully saturated rings. The van der Waals surface area contributed by atoms with Crippen molar-refractivity contribution in [2.75, 3.05) is 19.3 Å². The van der Waals surface area contributed by atoms with Gasteiger partial charge in [0.05, 0.1) is 0 Å². The molecule has 0 aliphatic heterocycles. The molecule has 2 heteroatoms. The quantitative estimate of drug-likeness (QED) is 0.463. The molecule has 0 amide bonds. The highest BCUT2D eigenvalue weighted by atomic mass is 31.0. The largest absolute Gasteiger partial charge is 0.317 e. The van der Waals surface area contributed by atoms with Crippen LogP contribution in [0.15, 0.2) is 0 Å². The molecule has 0 aromatic carbocycles. The summed E-state index contributed by atoms with van der Waals surface area (Å²) >= 11 is 0. The minimum absolute atomic E-state index is 0.907. The Morgan fingerprint density at radius 1 is 1.40 bits per heavy atom. The minimum atomic E-state index is 0.907. The second-order valence-corrected chi connectivity index (χ2v) is 3.12. The average molecular weight is 161 g/mol. The Morgan fingerprint density at radius 2 is 2.10 bits per heavy atom. The van der Waals surface area contributed by atoms with Gasteiger partial charge in [0, 0.05) is 0 Å². The lowest BCUT2D eigenvalue weighted by Gasteiger charge is -2.11. The van der Waals surface area contributed by atoms with Gasteiger partial charge in [-0.3, -0.25) is 0 Å². The van der Waals surface area contributed by atoms with E-state index in [1.54, 1.807) is 0 Å². The summed E-state index contributed by atoms with van der Waals surface area (Å²) in [6, 6.07) is 0. The molecule has 62 valence electrons. The van der Waals surface area contributed by atoms with Crippen LogP contribution in [0.25, 0.3) is 0 Å². The Bertz CT molecular complexity index is 62.3. The van der Waals surface area contributed by atoms with E-state index in [1.165, 1.54) is 25.5 Å². The summed E-state index contributed by atoms with van der Waals surface area (Å²) < 4.78 is 0. The highest BCUT2D eigenvalue weighted by molar-refractivity contribution is 7.16. The van der Waals surface area contributed by atoms with Crippen molar-refractivity contribution >= 4 is 9.24 Å². The van der Waals surface area contributed by atoms with Crippen LogP contribution < -0.4 is 5.32 Å². The van der Waals surface area contributed by atoms with Crippen LogP contribution in [0, 0.1) is 5.92 Å². The van der Waals surface area contributed by atoms with Crippen LogP contribution in [0.3, 0.4) is 0 Å². The van der Waals surface area contributed by atoms with Gasteiger partial charge >= 0.3 is 0 Å². The van der Waals surface area contributed by atoms with E-state index >= 15 is 0 Å². The van der Waals surface area contributed by atoms with Crippen molar-refractivity contribution in [3.63, 3.8) is 0 Å². The van der Waals surface area contributed by atoms with Gasteiger partial charge in [0.15, 0.2) is 0 Å². The number of nitrogens with one attached hydrogen (secondary N) is 1. The first kappa shape index (κ1) is 10.4. The molecule has 0 spiro atoms. The van der Waals surface area contributed by atoms with E-state index in [-0.39, 0.29) is 0 Å². The summed E-state index contributed by atoms with van der Waals surface area (Å²) in [6.45, 7) is 6.71. The second kappa shape index (κ2) is 7.50. The predicted molar refractivity (Wildman–Crippen MR) is 51.5 cm³/mol. The maximum absolute atomic E-state index is 3.34. The van der Waals surface area contributed by atoms with E-state index in [4.69, 9.17) is 0 Å². The molecule has 0 bridgehead atoms. The summed E-state index contributed by atoms with van der Waals surface area (Å²) in [6.07, 6.45) is 3.89. The van der Waals surface area contributed by atoms with E-state index in [2.05, 4.69) is 28.4 Å². The van der Waals surface area contributed by atoms with Crippen LogP contribution in [-0.4, -0.2) is 19.3 Å². The molecule has 1 N–H and O–H groups in total. The van der Waals surface area contributed by atoms with Gasteiger partial charge in [0.25, 0.3) is 0 Å². The lowest BCUT2D eigenvalue weighted by atomic mass is 10.1. The van der Waals surface area contributed by atoms with Crippen LogP contribution in [0.2, 0.25) is 0 Å².